The van der Waals surface area contributed by atoms with E-state index < -0.39 is 36.1 Å². The number of carbonyl (C=O) groups is 2. The molecule has 11 heteroatoms. The summed E-state index contributed by atoms with van der Waals surface area (Å²) in [7, 11) is -0.508. The Kier molecular flexibility index (Phi) is 7.47. The zero-order valence-corrected chi connectivity index (χ0v) is 21.6. The van der Waals surface area contributed by atoms with Crippen molar-refractivity contribution in [3.8, 4) is 0 Å². The number of nitrogens with one attached hydrogen (secondary N) is 2. The largest absolute Gasteiger partial charge is 0.498 e. The lowest BCUT2D eigenvalue weighted by Crippen LogP contribution is -2.49. The lowest BCUT2D eigenvalue weighted by molar-refractivity contribution is -0.122. The summed E-state index contributed by atoms with van der Waals surface area (Å²) < 4.78 is 17.4. The van der Waals surface area contributed by atoms with Gasteiger partial charge in [0.05, 0.1) is 11.2 Å². The molecule has 2 aliphatic heterocycles. The Morgan fingerprint density at radius 3 is 2.35 bits per heavy atom. The number of hydrogen-bond donors (Lipinski definition) is 2. The lowest BCUT2D eigenvalue weighted by Gasteiger charge is -2.32. The Bertz CT molecular complexity index is 871. The molecule has 0 saturated carbocycles. The van der Waals surface area contributed by atoms with Crippen LogP contribution in [0.25, 0.3) is 0 Å². The van der Waals surface area contributed by atoms with E-state index in [0.29, 0.717) is 12.5 Å². The van der Waals surface area contributed by atoms with Crippen molar-refractivity contribution < 1.29 is 23.6 Å². The van der Waals surface area contributed by atoms with Gasteiger partial charge in [0.1, 0.15) is 11.6 Å². The van der Waals surface area contributed by atoms with Crippen LogP contribution in [0.2, 0.25) is 0 Å². The molecular weight excluding hydrogens is 437 g/mol. The highest BCUT2D eigenvalue weighted by molar-refractivity contribution is 6.61. The highest BCUT2D eigenvalue weighted by Crippen LogP contribution is 2.36. The first-order valence-electron chi connectivity index (χ1n) is 11.9. The quantitative estimate of drug-likeness (QED) is 0.599. The predicted molar refractivity (Wildman–Crippen MR) is 130 cm³/mol. The Balaban J connectivity index is 1.54. The first-order chi connectivity index (χ1) is 15.7. The highest BCUT2D eigenvalue weighted by atomic mass is 16.7. The van der Waals surface area contributed by atoms with Gasteiger partial charge in [0.25, 0.3) is 0 Å². The average molecular weight is 475 g/mol. The van der Waals surface area contributed by atoms with Gasteiger partial charge >= 0.3 is 13.2 Å². The summed E-state index contributed by atoms with van der Waals surface area (Å²) in [5.74, 6) is 0.340. The minimum Gasteiger partial charge on any atom is -0.444 e. The maximum Gasteiger partial charge on any atom is 0.498 e. The molecule has 188 valence electrons. The summed E-state index contributed by atoms with van der Waals surface area (Å²) in [5.41, 5.74) is -0.704. The molecule has 2 saturated heterocycles. The topological polar surface area (TPSA) is 115 Å². The Morgan fingerprint density at radius 1 is 1.21 bits per heavy atom. The molecule has 2 amide bonds. The van der Waals surface area contributed by atoms with Crippen LogP contribution < -0.4 is 21.0 Å². The van der Waals surface area contributed by atoms with Gasteiger partial charge in [-0.1, -0.05) is 0 Å². The average Bonchev–Trinajstić information content (AvgIpc) is 3.26. The Morgan fingerprint density at radius 2 is 1.79 bits per heavy atom. The molecule has 10 nitrogen and oxygen atoms in total. The van der Waals surface area contributed by atoms with Crippen LogP contribution in [0.15, 0.2) is 12.4 Å². The smallest absolute Gasteiger partial charge is 0.444 e. The van der Waals surface area contributed by atoms with Gasteiger partial charge in [-0.2, -0.15) is 0 Å². The first kappa shape index (κ1) is 26.2. The van der Waals surface area contributed by atoms with Crippen LogP contribution >= 0.6 is 0 Å². The summed E-state index contributed by atoms with van der Waals surface area (Å²) in [5, 5.41) is 5.48. The molecule has 0 aromatic carbocycles. The molecule has 2 N–H and O–H groups in total. The van der Waals surface area contributed by atoms with Gasteiger partial charge in [-0.15, -0.1) is 0 Å². The number of nitrogens with zero attached hydrogens (tertiary/aromatic N) is 3. The van der Waals surface area contributed by atoms with E-state index in [-0.39, 0.29) is 11.9 Å². The maximum absolute atomic E-state index is 12.5. The fraction of sp³-hybridized carbons (Fsp3) is 0.739. The minimum absolute atomic E-state index is 0.0698. The first-order valence-corrected chi connectivity index (χ1v) is 11.9. The molecule has 3 heterocycles. The van der Waals surface area contributed by atoms with Gasteiger partial charge in [-0.3, -0.25) is 4.79 Å². The molecule has 0 radical (unpaired) electrons. The molecule has 34 heavy (non-hydrogen) atoms. The van der Waals surface area contributed by atoms with Crippen LogP contribution in [0.5, 0.6) is 0 Å². The van der Waals surface area contributed by atoms with E-state index in [2.05, 4.69) is 25.5 Å². The molecular formula is C23H38BN5O5. The van der Waals surface area contributed by atoms with Crippen LogP contribution in [-0.4, -0.2) is 71.1 Å². The van der Waals surface area contributed by atoms with Gasteiger partial charge in [0, 0.05) is 37.0 Å². The van der Waals surface area contributed by atoms with Crippen molar-refractivity contribution in [2.75, 3.05) is 18.0 Å². The fourth-order valence-electron chi connectivity index (χ4n) is 3.81. The molecule has 3 rings (SSSR count). The van der Waals surface area contributed by atoms with Crippen LogP contribution in [0, 0.1) is 0 Å². The third kappa shape index (κ3) is 6.18. The molecule has 0 spiro atoms. The van der Waals surface area contributed by atoms with Gasteiger partial charge in [-0.05, 0) is 68.2 Å². The molecule has 0 aliphatic carbocycles. The number of aromatic nitrogens is 2. The second-order valence-corrected chi connectivity index (χ2v) is 11.0. The van der Waals surface area contributed by atoms with E-state index in [1.807, 2.05) is 27.7 Å². The number of ether oxygens (including phenoxy) is 1. The summed E-state index contributed by atoms with van der Waals surface area (Å²) in [6.45, 7) is 16.2. The molecule has 1 aromatic rings. The highest BCUT2D eigenvalue weighted by Gasteiger charge is 2.52. The summed E-state index contributed by atoms with van der Waals surface area (Å²) >= 11 is 0. The van der Waals surface area contributed by atoms with Crippen molar-refractivity contribution in [3.63, 3.8) is 0 Å². The predicted octanol–water partition coefficient (Wildman–Crippen LogP) is 1.77. The van der Waals surface area contributed by atoms with Crippen molar-refractivity contribution in [1.82, 2.24) is 20.6 Å². The standard InChI is InChI=1S/C23H38BN5O5/c1-15(28-20(31)32-21(2,3)4)18(30)25-14-17-10-9-11-29(17)19-26-12-16(13-27-19)24-33-22(5,6)23(7,8)34-24/h12-13,15,17H,9-11,14H2,1-8H3,(H,25,30)(H,28,31)/t15-,17-/m1/s1. The number of rotatable bonds is 6. The van der Waals surface area contributed by atoms with Gasteiger partial charge in [0.2, 0.25) is 11.9 Å². The van der Waals surface area contributed by atoms with E-state index in [1.165, 1.54) is 0 Å². The fourth-order valence-corrected chi connectivity index (χ4v) is 3.81. The summed E-state index contributed by atoms with van der Waals surface area (Å²) in [6, 6.07) is -0.638. The van der Waals surface area contributed by atoms with E-state index in [1.54, 1.807) is 40.1 Å². The second kappa shape index (κ2) is 9.69. The number of alkyl carbamates (subject to hydrolysis) is 1. The third-order valence-corrected chi connectivity index (χ3v) is 6.46. The lowest BCUT2D eigenvalue weighted by atomic mass is 9.81. The molecule has 0 bridgehead atoms. The van der Waals surface area contributed by atoms with E-state index in [9.17, 15) is 9.59 Å². The second-order valence-electron chi connectivity index (χ2n) is 11.0. The molecule has 2 atom stereocenters. The van der Waals surface area contributed by atoms with E-state index in [0.717, 1.165) is 24.8 Å². The monoisotopic (exact) mass is 475 g/mol. The zero-order valence-electron chi connectivity index (χ0n) is 21.6. The minimum atomic E-state index is -0.708. The third-order valence-electron chi connectivity index (χ3n) is 6.46. The number of hydrogen-bond acceptors (Lipinski definition) is 8. The SMILES string of the molecule is C[C@@H](NC(=O)OC(C)(C)C)C(=O)NC[C@H]1CCCN1c1ncc(B2OC(C)(C)C(C)(C)O2)cn1. The number of carbonyl (C=O) groups excluding carboxylic acids is 2. The van der Waals surface area contributed by atoms with E-state index >= 15 is 0 Å². The van der Waals surface area contributed by atoms with E-state index in [4.69, 9.17) is 14.0 Å². The van der Waals surface area contributed by atoms with Crippen LogP contribution in [0.1, 0.15) is 68.2 Å². The van der Waals surface area contributed by atoms with Crippen LogP contribution in [0.4, 0.5) is 10.7 Å². The summed E-state index contributed by atoms with van der Waals surface area (Å²) in [4.78, 5) is 35.6. The number of anilines is 1. The van der Waals surface area contributed by atoms with Crippen molar-refractivity contribution in [3.05, 3.63) is 12.4 Å². The zero-order chi connectivity index (χ0) is 25.3. The molecule has 2 fully saturated rings. The Hall–Kier alpha value is -2.40. The Labute approximate surface area is 202 Å². The molecule has 0 unspecified atom stereocenters. The van der Waals surface area contributed by atoms with Gasteiger partial charge in [0.15, 0.2) is 0 Å². The normalized spacial score (nSPS) is 22.4. The van der Waals surface area contributed by atoms with Crippen LogP contribution in [-0.2, 0) is 18.8 Å². The number of amides is 2. The van der Waals surface area contributed by atoms with Crippen molar-refractivity contribution >= 4 is 30.5 Å². The maximum atomic E-state index is 12.5. The van der Waals surface area contributed by atoms with Crippen molar-refractivity contribution in [2.45, 2.75) is 97.1 Å². The van der Waals surface area contributed by atoms with Crippen molar-refractivity contribution in [1.29, 1.82) is 0 Å². The summed E-state index contributed by atoms with van der Waals surface area (Å²) in [6.07, 6.45) is 4.76. The van der Waals surface area contributed by atoms with Gasteiger partial charge in [-0.25, -0.2) is 14.8 Å². The van der Waals surface area contributed by atoms with Crippen molar-refractivity contribution in [2.24, 2.45) is 0 Å². The molecule has 1 aromatic heterocycles. The van der Waals surface area contributed by atoms with Gasteiger partial charge < -0.3 is 29.6 Å². The van der Waals surface area contributed by atoms with Crippen LogP contribution in [0.3, 0.4) is 0 Å². The molecule has 2 aliphatic rings.